The van der Waals surface area contributed by atoms with Crippen molar-refractivity contribution < 1.29 is 4.79 Å². The highest BCUT2D eigenvalue weighted by molar-refractivity contribution is 7.12. The number of aryl methyl sites for hydroxylation is 2. The lowest BCUT2D eigenvalue weighted by Gasteiger charge is -2.24. The van der Waals surface area contributed by atoms with E-state index in [2.05, 4.69) is 32.2 Å². The van der Waals surface area contributed by atoms with Gasteiger partial charge in [-0.05, 0) is 46.2 Å². The molecule has 18 heavy (non-hydrogen) atoms. The van der Waals surface area contributed by atoms with Crippen LogP contribution in [0.1, 0.15) is 42.1 Å². The largest absolute Gasteiger partial charge is 0.345 e. The molecule has 0 aliphatic heterocycles. The van der Waals surface area contributed by atoms with Gasteiger partial charge in [0.25, 0.3) is 0 Å². The van der Waals surface area contributed by atoms with E-state index in [9.17, 15) is 4.79 Å². The van der Waals surface area contributed by atoms with Gasteiger partial charge in [0.2, 0.25) is 5.91 Å². The molecule has 0 radical (unpaired) electrons. The van der Waals surface area contributed by atoms with Gasteiger partial charge in [0.05, 0.1) is 6.04 Å². The number of hydrogen-bond donors (Lipinski definition) is 1. The molecule has 0 aliphatic carbocycles. The van der Waals surface area contributed by atoms with Crippen LogP contribution in [0.3, 0.4) is 0 Å². The number of hydrogen-bond acceptors (Lipinski definition) is 3. The quantitative estimate of drug-likeness (QED) is 0.890. The van der Waals surface area contributed by atoms with E-state index >= 15 is 0 Å². The predicted octanol–water partition coefficient (Wildman–Crippen LogP) is 2.88. The summed E-state index contributed by atoms with van der Waals surface area (Å²) in [7, 11) is 1.84. The minimum Gasteiger partial charge on any atom is -0.345 e. The number of carbonyl (C=O) groups is 1. The topological polar surface area (TPSA) is 32.3 Å². The Bertz CT molecular complexity index is 414. The van der Waals surface area contributed by atoms with Crippen molar-refractivity contribution in [2.45, 2.75) is 46.7 Å². The van der Waals surface area contributed by atoms with Crippen LogP contribution in [0.5, 0.6) is 0 Å². The van der Waals surface area contributed by atoms with Gasteiger partial charge in [0.15, 0.2) is 0 Å². The second-order valence-electron chi connectivity index (χ2n) is 4.83. The summed E-state index contributed by atoms with van der Waals surface area (Å²) in [5.41, 5.74) is 1.30. The zero-order valence-corrected chi connectivity index (χ0v) is 13.0. The SMILES string of the molecule is CCN(C)C(=O)C(C)NC(C)c1cc(C)sc1C. The van der Waals surface area contributed by atoms with Crippen molar-refractivity contribution >= 4 is 17.2 Å². The van der Waals surface area contributed by atoms with E-state index in [1.54, 1.807) is 4.90 Å². The molecule has 102 valence electrons. The molecule has 1 N–H and O–H groups in total. The molecule has 1 aromatic rings. The van der Waals surface area contributed by atoms with E-state index in [0.717, 1.165) is 6.54 Å². The molecule has 2 unspecified atom stereocenters. The summed E-state index contributed by atoms with van der Waals surface area (Å²) >= 11 is 1.81. The molecule has 0 aliphatic rings. The fourth-order valence-corrected chi connectivity index (χ4v) is 3.13. The molecule has 0 fully saturated rings. The summed E-state index contributed by atoms with van der Waals surface area (Å²) in [6, 6.07) is 2.27. The molecular formula is C14H24N2OS. The molecule has 0 aromatic carbocycles. The molecule has 0 saturated heterocycles. The Hall–Kier alpha value is -0.870. The smallest absolute Gasteiger partial charge is 0.239 e. The number of thiophene rings is 1. The molecule has 0 spiro atoms. The fourth-order valence-electron chi connectivity index (χ4n) is 2.10. The van der Waals surface area contributed by atoms with Crippen molar-refractivity contribution in [1.82, 2.24) is 10.2 Å². The highest BCUT2D eigenvalue weighted by atomic mass is 32.1. The minimum atomic E-state index is -0.149. The average Bonchev–Trinajstić information content (AvgIpc) is 2.66. The van der Waals surface area contributed by atoms with Gasteiger partial charge in [0, 0.05) is 29.4 Å². The van der Waals surface area contributed by atoms with Crippen LogP contribution in [0.4, 0.5) is 0 Å². The van der Waals surface area contributed by atoms with Crippen LogP contribution in [0.2, 0.25) is 0 Å². The number of nitrogens with zero attached hydrogens (tertiary/aromatic N) is 1. The van der Waals surface area contributed by atoms with Gasteiger partial charge >= 0.3 is 0 Å². The van der Waals surface area contributed by atoms with Gasteiger partial charge in [-0.15, -0.1) is 11.3 Å². The van der Waals surface area contributed by atoms with E-state index in [4.69, 9.17) is 0 Å². The lowest BCUT2D eigenvalue weighted by atomic mass is 10.1. The first-order valence-corrected chi connectivity index (χ1v) is 7.26. The number of carbonyl (C=O) groups excluding carboxylic acids is 1. The number of nitrogens with one attached hydrogen (secondary N) is 1. The molecule has 1 rings (SSSR count). The molecule has 1 aromatic heterocycles. The van der Waals surface area contributed by atoms with Gasteiger partial charge < -0.3 is 4.90 Å². The summed E-state index contributed by atoms with van der Waals surface area (Å²) in [5.74, 6) is 0.147. The first-order valence-electron chi connectivity index (χ1n) is 6.44. The first kappa shape index (κ1) is 15.2. The minimum absolute atomic E-state index is 0.147. The zero-order valence-electron chi connectivity index (χ0n) is 12.2. The Labute approximate surface area is 114 Å². The maximum atomic E-state index is 12.0. The summed E-state index contributed by atoms with van der Waals surface area (Å²) in [6.45, 7) is 11.0. The highest BCUT2D eigenvalue weighted by Crippen LogP contribution is 2.26. The van der Waals surface area contributed by atoms with Crippen molar-refractivity contribution in [3.63, 3.8) is 0 Å². The molecule has 1 amide bonds. The normalized spacial score (nSPS) is 14.3. The Balaban J connectivity index is 2.67. The highest BCUT2D eigenvalue weighted by Gasteiger charge is 2.20. The Morgan fingerprint density at radius 1 is 1.44 bits per heavy atom. The van der Waals surface area contributed by atoms with Gasteiger partial charge in [0.1, 0.15) is 0 Å². The van der Waals surface area contributed by atoms with E-state index in [1.807, 2.05) is 32.2 Å². The summed E-state index contributed by atoms with van der Waals surface area (Å²) in [4.78, 5) is 16.4. The Kier molecular flexibility index (Phi) is 5.35. The Morgan fingerprint density at radius 2 is 2.06 bits per heavy atom. The van der Waals surface area contributed by atoms with Crippen molar-refractivity contribution in [2.24, 2.45) is 0 Å². The summed E-state index contributed by atoms with van der Waals surface area (Å²) in [6.07, 6.45) is 0. The molecule has 1 heterocycles. The third-order valence-electron chi connectivity index (χ3n) is 3.27. The van der Waals surface area contributed by atoms with E-state index < -0.39 is 0 Å². The van der Waals surface area contributed by atoms with E-state index in [1.165, 1.54) is 15.3 Å². The summed E-state index contributed by atoms with van der Waals surface area (Å²) < 4.78 is 0. The van der Waals surface area contributed by atoms with Crippen molar-refractivity contribution in [2.75, 3.05) is 13.6 Å². The monoisotopic (exact) mass is 268 g/mol. The molecule has 4 heteroatoms. The van der Waals surface area contributed by atoms with Gasteiger partial charge in [-0.25, -0.2) is 0 Å². The van der Waals surface area contributed by atoms with Crippen LogP contribution in [-0.4, -0.2) is 30.4 Å². The van der Waals surface area contributed by atoms with Crippen LogP contribution in [0.15, 0.2) is 6.07 Å². The molecule has 2 atom stereocenters. The third-order valence-corrected chi connectivity index (χ3v) is 4.25. The third kappa shape index (κ3) is 3.56. The molecule has 0 bridgehead atoms. The molecule has 3 nitrogen and oxygen atoms in total. The fraction of sp³-hybridized carbons (Fsp3) is 0.643. The van der Waals surface area contributed by atoms with Crippen molar-refractivity contribution in [3.05, 3.63) is 21.4 Å². The maximum Gasteiger partial charge on any atom is 0.239 e. The van der Waals surface area contributed by atoms with Gasteiger partial charge in [-0.2, -0.15) is 0 Å². The van der Waals surface area contributed by atoms with Crippen LogP contribution in [0, 0.1) is 13.8 Å². The molecule has 0 saturated carbocycles. The predicted molar refractivity (Wildman–Crippen MR) is 78.1 cm³/mol. The van der Waals surface area contributed by atoms with Crippen LogP contribution >= 0.6 is 11.3 Å². The maximum absolute atomic E-state index is 12.0. The second kappa shape index (κ2) is 6.34. The van der Waals surface area contributed by atoms with Crippen LogP contribution in [0.25, 0.3) is 0 Å². The number of amides is 1. The van der Waals surface area contributed by atoms with Gasteiger partial charge in [-0.1, -0.05) is 0 Å². The van der Waals surface area contributed by atoms with Crippen molar-refractivity contribution in [1.29, 1.82) is 0 Å². The average molecular weight is 268 g/mol. The number of likely N-dealkylation sites (N-methyl/N-ethyl adjacent to an activating group) is 1. The lowest BCUT2D eigenvalue weighted by Crippen LogP contribution is -2.43. The Morgan fingerprint density at radius 3 is 2.50 bits per heavy atom. The zero-order chi connectivity index (χ0) is 13.9. The van der Waals surface area contributed by atoms with E-state index in [-0.39, 0.29) is 18.0 Å². The van der Waals surface area contributed by atoms with Crippen molar-refractivity contribution in [3.8, 4) is 0 Å². The summed E-state index contributed by atoms with van der Waals surface area (Å²) in [5, 5.41) is 3.38. The lowest BCUT2D eigenvalue weighted by molar-refractivity contribution is -0.131. The van der Waals surface area contributed by atoms with Gasteiger partial charge in [-0.3, -0.25) is 10.1 Å². The molecular weight excluding hydrogens is 244 g/mol. The van der Waals surface area contributed by atoms with E-state index in [0.29, 0.717) is 0 Å². The number of rotatable bonds is 5. The van der Waals surface area contributed by atoms with Crippen LogP contribution in [-0.2, 0) is 4.79 Å². The standard InChI is InChI=1S/C14H24N2OS/c1-7-16(6)14(17)11(4)15-10(3)13-8-9(2)18-12(13)5/h8,10-11,15H,7H2,1-6H3. The second-order valence-corrected chi connectivity index (χ2v) is 6.29. The van der Waals surface area contributed by atoms with Crippen LogP contribution < -0.4 is 5.32 Å². The first-order chi connectivity index (χ1) is 8.36.